The van der Waals surface area contributed by atoms with E-state index >= 15 is 0 Å². The molecule has 0 aliphatic carbocycles. The number of hydrogen-bond acceptors (Lipinski definition) is 3. The topological polar surface area (TPSA) is 56.2 Å². The van der Waals surface area contributed by atoms with Gasteiger partial charge < -0.3 is 14.6 Å². The van der Waals surface area contributed by atoms with Crippen molar-refractivity contribution in [1.29, 1.82) is 0 Å². The summed E-state index contributed by atoms with van der Waals surface area (Å²) in [6.45, 7) is -0.281. The first-order chi connectivity index (χ1) is 12.9. The monoisotopic (exact) mass is 407 g/mol. The van der Waals surface area contributed by atoms with E-state index < -0.39 is 17.8 Å². The number of nitrogens with zero attached hydrogens (tertiary/aromatic N) is 2. The van der Waals surface area contributed by atoms with E-state index in [2.05, 4.69) is 10.3 Å². The number of carbonyl (C=O) groups is 1. The van der Waals surface area contributed by atoms with Crippen molar-refractivity contribution in [3.05, 3.63) is 82.1 Å². The molecule has 27 heavy (non-hydrogen) atoms. The van der Waals surface area contributed by atoms with Gasteiger partial charge in [-0.05, 0) is 29.8 Å². The number of rotatable bonds is 6. The second-order valence-corrected chi connectivity index (χ2v) is 6.66. The van der Waals surface area contributed by atoms with Crippen LogP contribution in [0.1, 0.15) is 17.4 Å². The fraction of sp³-hybridized carbons (Fsp3) is 0.158. The number of amides is 1. The molecule has 0 radical (unpaired) electrons. The molecule has 0 bridgehead atoms. The summed E-state index contributed by atoms with van der Waals surface area (Å²) < 4.78 is 20.9. The lowest BCUT2D eigenvalue weighted by Gasteiger charge is -2.19. The van der Waals surface area contributed by atoms with Crippen LogP contribution in [-0.2, 0) is 11.8 Å². The predicted octanol–water partition coefficient (Wildman–Crippen LogP) is 4.15. The summed E-state index contributed by atoms with van der Waals surface area (Å²) in [4.78, 5) is 16.7. The Morgan fingerprint density at radius 3 is 2.81 bits per heavy atom. The highest BCUT2D eigenvalue weighted by atomic mass is 35.5. The van der Waals surface area contributed by atoms with Gasteiger partial charge in [-0.15, -0.1) is 0 Å². The number of aromatic nitrogens is 2. The van der Waals surface area contributed by atoms with Crippen LogP contribution in [-0.4, -0.2) is 22.1 Å². The van der Waals surface area contributed by atoms with Crippen molar-refractivity contribution in [3.8, 4) is 5.75 Å². The summed E-state index contributed by atoms with van der Waals surface area (Å²) in [7, 11) is 1.79. The zero-order chi connectivity index (χ0) is 19.4. The SMILES string of the molecule is Cn1ccnc1[C@@H](NC(=O)COc1cc(Cl)ccc1Cl)c1cccc(F)c1. The molecule has 1 aromatic heterocycles. The van der Waals surface area contributed by atoms with Gasteiger partial charge in [0, 0.05) is 30.5 Å². The van der Waals surface area contributed by atoms with Gasteiger partial charge in [-0.1, -0.05) is 35.3 Å². The quantitative estimate of drug-likeness (QED) is 0.667. The lowest BCUT2D eigenvalue weighted by Crippen LogP contribution is -2.34. The largest absolute Gasteiger partial charge is 0.482 e. The summed E-state index contributed by atoms with van der Waals surface area (Å²) in [5, 5.41) is 3.61. The van der Waals surface area contributed by atoms with Gasteiger partial charge in [0.05, 0.1) is 5.02 Å². The molecule has 0 saturated heterocycles. The number of imidazole rings is 1. The molecule has 0 unspecified atom stereocenters. The van der Waals surface area contributed by atoms with Crippen molar-refractivity contribution >= 4 is 29.1 Å². The molecular weight excluding hydrogens is 392 g/mol. The van der Waals surface area contributed by atoms with E-state index in [1.165, 1.54) is 18.2 Å². The highest BCUT2D eigenvalue weighted by Gasteiger charge is 2.21. The van der Waals surface area contributed by atoms with E-state index in [0.29, 0.717) is 27.2 Å². The number of benzene rings is 2. The van der Waals surface area contributed by atoms with Crippen LogP contribution in [0.4, 0.5) is 4.39 Å². The predicted molar refractivity (Wildman–Crippen MR) is 102 cm³/mol. The van der Waals surface area contributed by atoms with Gasteiger partial charge in [-0.25, -0.2) is 9.37 Å². The Kier molecular flexibility index (Phi) is 5.98. The van der Waals surface area contributed by atoms with E-state index in [1.54, 1.807) is 48.3 Å². The van der Waals surface area contributed by atoms with Crippen molar-refractivity contribution in [1.82, 2.24) is 14.9 Å². The second-order valence-electron chi connectivity index (χ2n) is 5.82. The third-order valence-corrected chi connectivity index (χ3v) is 4.40. The molecule has 0 spiro atoms. The number of halogens is 3. The minimum absolute atomic E-state index is 0.281. The summed E-state index contributed by atoms with van der Waals surface area (Å²) in [5.74, 6) is 0.0552. The van der Waals surface area contributed by atoms with Gasteiger partial charge in [0.15, 0.2) is 6.61 Å². The van der Waals surface area contributed by atoms with E-state index in [4.69, 9.17) is 27.9 Å². The first kappa shape index (κ1) is 19.2. The number of ether oxygens (including phenoxy) is 1. The number of nitrogens with one attached hydrogen (secondary N) is 1. The zero-order valence-corrected chi connectivity index (χ0v) is 15.8. The molecule has 1 amide bonds. The molecule has 0 saturated carbocycles. The molecule has 5 nitrogen and oxygen atoms in total. The van der Waals surface area contributed by atoms with Gasteiger partial charge >= 0.3 is 0 Å². The van der Waals surface area contributed by atoms with Gasteiger partial charge in [-0.2, -0.15) is 0 Å². The van der Waals surface area contributed by atoms with Gasteiger partial charge in [-0.3, -0.25) is 4.79 Å². The minimum Gasteiger partial charge on any atom is -0.482 e. The van der Waals surface area contributed by atoms with Crippen molar-refractivity contribution in [3.63, 3.8) is 0 Å². The van der Waals surface area contributed by atoms with Crippen LogP contribution >= 0.6 is 23.2 Å². The molecule has 3 rings (SSSR count). The molecule has 1 atom stereocenters. The fourth-order valence-corrected chi connectivity index (χ4v) is 2.91. The number of carbonyl (C=O) groups excluding carboxylic acids is 1. The van der Waals surface area contributed by atoms with Crippen LogP contribution in [0.25, 0.3) is 0 Å². The van der Waals surface area contributed by atoms with E-state index in [0.717, 1.165) is 0 Å². The highest BCUT2D eigenvalue weighted by molar-refractivity contribution is 6.34. The standard InChI is InChI=1S/C19H16Cl2FN3O2/c1-25-8-7-23-19(25)18(12-3-2-4-14(22)9-12)24-17(26)11-27-16-10-13(20)5-6-15(16)21/h2-10,18H,11H2,1H3,(H,24,26)/t18-/m0/s1. The normalized spacial score (nSPS) is 11.9. The van der Waals surface area contributed by atoms with Crippen LogP contribution in [0.2, 0.25) is 10.0 Å². The van der Waals surface area contributed by atoms with E-state index in [9.17, 15) is 9.18 Å². The third-order valence-electron chi connectivity index (χ3n) is 3.86. The van der Waals surface area contributed by atoms with Crippen molar-refractivity contribution in [2.24, 2.45) is 7.05 Å². The molecule has 8 heteroatoms. The Morgan fingerprint density at radius 2 is 2.11 bits per heavy atom. The van der Waals surface area contributed by atoms with Gasteiger partial charge in [0.2, 0.25) is 0 Å². The Labute approximate surface area is 165 Å². The molecule has 140 valence electrons. The fourth-order valence-electron chi connectivity index (χ4n) is 2.57. The molecule has 1 heterocycles. The third kappa shape index (κ3) is 4.78. The highest BCUT2D eigenvalue weighted by Crippen LogP contribution is 2.27. The van der Waals surface area contributed by atoms with Crippen molar-refractivity contribution in [2.75, 3.05) is 6.61 Å². The molecule has 2 aromatic carbocycles. The van der Waals surface area contributed by atoms with Crippen LogP contribution in [0.5, 0.6) is 5.75 Å². The Morgan fingerprint density at radius 1 is 1.30 bits per heavy atom. The molecule has 1 N–H and O–H groups in total. The molecular formula is C19H16Cl2FN3O2. The summed E-state index contributed by atoms with van der Waals surface area (Å²) in [5.41, 5.74) is 0.568. The first-order valence-corrected chi connectivity index (χ1v) is 8.79. The van der Waals surface area contributed by atoms with E-state index in [-0.39, 0.29) is 6.61 Å². The smallest absolute Gasteiger partial charge is 0.258 e. The van der Waals surface area contributed by atoms with Crippen molar-refractivity contribution < 1.29 is 13.9 Å². The van der Waals surface area contributed by atoms with Crippen molar-refractivity contribution in [2.45, 2.75) is 6.04 Å². The summed E-state index contributed by atoms with van der Waals surface area (Å²) >= 11 is 11.9. The van der Waals surface area contributed by atoms with Crippen LogP contribution in [0.15, 0.2) is 54.9 Å². The second kappa shape index (κ2) is 8.41. The lowest BCUT2D eigenvalue weighted by atomic mass is 10.1. The maximum atomic E-state index is 13.7. The van der Waals surface area contributed by atoms with Crippen LogP contribution in [0, 0.1) is 5.82 Å². The van der Waals surface area contributed by atoms with Gasteiger partial charge in [0.25, 0.3) is 5.91 Å². The molecule has 0 fully saturated rings. The minimum atomic E-state index is -0.633. The molecule has 0 aliphatic rings. The first-order valence-electron chi connectivity index (χ1n) is 8.04. The molecule has 3 aromatic rings. The number of hydrogen-bond donors (Lipinski definition) is 1. The summed E-state index contributed by atoms with van der Waals surface area (Å²) in [6, 6.07) is 10.1. The Bertz CT molecular complexity index is 962. The Balaban J connectivity index is 1.77. The maximum absolute atomic E-state index is 13.7. The lowest BCUT2D eigenvalue weighted by molar-refractivity contribution is -0.123. The van der Waals surface area contributed by atoms with Gasteiger partial charge in [0.1, 0.15) is 23.4 Å². The average Bonchev–Trinajstić information content (AvgIpc) is 3.06. The number of aryl methyl sites for hydroxylation is 1. The zero-order valence-electron chi connectivity index (χ0n) is 14.3. The van der Waals surface area contributed by atoms with E-state index in [1.807, 2.05) is 0 Å². The van der Waals surface area contributed by atoms with Crippen LogP contribution in [0.3, 0.4) is 0 Å². The van der Waals surface area contributed by atoms with Crippen LogP contribution < -0.4 is 10.1 Å². The average molecular weight is 408 g/mol. The molecule has 0 aliphatic heterocycles. The maximum Gasteiger partial charge on any atom is 0.258 e. The Hall–Kier alpha value is -2.57. The summed E-state index contributed by atoms with van der Waals surface area (Å²) in [6.07, 6.45) is 3.35.